The second-order valence-electron chi connectivity index (χ2n) is 11.0. The molecule has 0 spiro atoms. The first-order chi connectivity index (χ1) is 20.4. The van der Waals surface area contributed by atoms with E-state index in [1.807, 2.05) is 14.1 Å². The largest absolute Gasteiger partial charge is 0.339 e. The molecule has 2 aliphatic rings. The molecule has 0 aliphatic heterocycles. The van der Waals surface area contributed by atoms with Gasteiger partial charge in [-0.25, -0.2) is 9.26 Å². The van der Waals surface area contributed by atoms with E-state index in [2.05, 4.69) is 42.0 Å². The maximum absolute atomic E-state index is 12.5. The van der Waals surface area contributed by atoms with Gasteiger partial charge in [-0.05, 0) is 108 Å². The van der Waals surface area contributed by atoms with Gasteiger partial charge in [0.25, 0.3) is 11.8 Å². The molecule has 4 aromatic rings. The number of carbonyl (C=O) groups excluding carboxylic acids is 2. The minimum Gasteiger partial charge on any atom is -0.339 e. The molecular weight excluding hydrogens is 536 g/mol. The van der Waals surface area contributed by atoms with Crippen LogP contribution in [0.3, 0.4) is 0 Å². The summed E-state index contributed by atoms with van der Waals surface area (Å²) in [6.45, 7) is 0. The molecule has 216 valence electrons. The Morgan fingerprint density at radius 1 is 0.643 bits per heavy atom. The number of benzene rings is 2. The number of nitriles is 2. The fourth-order valence-corrected chi connectivity index (χ4v) is 5.75. The summed E-state index contributed by atoms with van der Waals surface area (Å²) < 4.78 is 9.29. The maximum atomic E-state index is 12.5. The quantitative estimate of drug-likeness (QED) is 0.335. The van der Waals surface area contributed by atoms with Gasteiger partial charge in [0.2, 0.25) is 0 Å². The maximum Gasteiger partial charge on any atom is 0.253 e. The number of rotatable bonds is 4. The summed E-state index contributed by atoms with van der Waals surface area (Å²) in [5.74, 6) is 0.227. The first kappa shape index (κ1) is 28.7. The van der Waals surface area contributed by atoms with Gasteiger partial charge in [-0.1, -0.05) is 0 Å². The van der Waals surface area contributed by atoms with Gasteiger partial charge in [0.1, 0.15) is 22.1 Å². The highest BCUT2D eigenvalue weighted by molar-refractivity contribution is 5.98. The lowest BCUT2D eigenvalue weighted by molar-refractivity contribution is 0.0679. The lowest BCUT2D eigenvalue weighted by Gasteiger charge is -2.32. The summed E-state index contributed by atoms with van der Waals surface area (Å²) in [6.07, 6.45) is 7.00. The molecule has 0 saturated heterocycles. The van der Waals surface area contributed by atoms with E-state index in [-0.39, 0.29) is 35.7 Å². The van der Waals surface area contributed by atoms with Crippen molar-refractivity contribution in [3.63, 3.8) is 0 Å². The molecule has 2 amide bonds. The molecule has 2 saturated carbocycles. The third-order valence-electron chi connectivity index (χ3n) is 8.50. The Hall–Kier alpha value is -4.84. The number of carbonyl (C=O) groups is 2. The second kappa shape index (κ2) is 12.8. The summed E-state index contributed by atoms with van der Waals surface area (Å²) >= 11 is 0. The lowest BCUT2D eigenvalue weighted by atomic mass is 9.86. The Kier molecular flexibility index (Phi) is 8.72. The number of hydrogen-bond donors (Lipinski definition) is 0. The number of aromatic nitrogens is 4. The Bertz CT molecular complexity index is 1510. The van der Waals surface area contributed by atoms with Crippen LogP contribution in [0.4, 0.5) is 0 Å². The molecular formula is C30H32N8O4. The van der Waals surface area contributed by atoms with Crippen LogP contribution in [-0.4, -0.2) is 68.4 Å². The smallest absolute Gasteiger partial charge is 0.253 e. The molecule has 6 rings (SSSR count). The fraction of sp³-hybridized carbons (Fsp3) is 0.467. The lowest BCUT2D eigenvalue weighted by Crippen LogP contribution is -2.39. The topological polar surface area (TPSA) is 166 Å². The molecule has 12 nitrogen and oxygen atoms in total. The minimum absolute atomic E-state index is 0.0275. The zero-order valence-electron chi connectivity index (χ0n) is 23.6. The SMILES string of the molecule is CN(C(=O)c1ccc2nonc2c1)C1CCC(C#N)CC1.CN(C(=O)c1ccc2nonc2c1)C1CCC(C#N)CC1. The van der Waals surface area contributed by atoms with Gasteiger partial charge in [-0.3, -0.25) is 9.59 Å². The molecule has 0 atom stereocenters. The normalized spacial score (nSPS) is 21.9. The zero-order valence-corrected chi connectivity index (χ0v) is 23.6. The Morgan fingerprint density at radius 3 is 1.36 bits per heavy atom. The Morgan fingerprint density at radius 2 is 1.00 bits per heavy atom. The molecule has 0 radical (unpaired) electrons. The average molecular weight is 569 g/mol. The van der Waals surface area contributed by atoms with E-state index in [0.717, 1.165) is 51.4 Å². The molecule has 2 aromatic heterocycles. The summed E-state index contributed by atoms with van der Waals surface area (Å²) in [7, 11) is 3.65. The number of fused-ring (bicyclic) bond motifs is 2. The molecule has 2 heterocycles. The molecule has 12 heteroatoms. The van der Waals surface area contributed by atoms with E-state index in [1.165, 1.54) is 0 Å². The van der Waals surface area contributed by atoms with Crippen LogP contribution in [0.15, 0.2) is 45.7 Å². The summed E-state index contributed by atoms with van der Waals surface area (Å²) in [5.41, 5.74) is 3.63. The minimum atomic E-state index is -0.0275. The van der Waals surface area contributed by atoms with Crippen molar-refractivity contribution in [2.45, 2.75) is 63.5 Å². The molecule has 0 bridgehead atoms. The first-order valence-corrected chi connectivity index (χ1v) is 14.2. The molecule has 2 aromatic carbocycles. The summed E-state index contributed by atoms with van der Waals surface area (Å²) in [6, 6.07) is 15.4. The molecule has 0 unspecified atom stereocenters. The van der Waals surface area contributed by atoms with Crippen molar-refractivity contribution in [3.05, 3.63) is 47.5 Å². The van der Waals surface area contributed by atoms with Crippen LogP contribution in [0.25, 0.3) is 22.1 Å². The van der Waals surface area contributed by atoms with Crippen LogP contribution in [0.2, 0.25) is 0 Å². The van der Waals surface area contributed by atoms with E-state index >= 15 is 0 Å². The highest BCUT2D eigenvalue weighted by atomic mass is 16.6. The highest BCUT2D eigenvalue weighted by Gasteiger charge is 2.28. The number of nitrogens with zero attached hydrogens (tertiary/aromatic N) is 8. The van der Waals surface area contributed by atoms with Crippen LogP contribution in [0, 0.1) is 34.5 Å². The van der Waals surface area contributed by atoms with Gasteiger partial charge in [-0.15, -0.1) is 0 Å². The van der Waals surface area contributed by atoms with Crippen LogP contribution < -0.4 is 0 Å². The van der Waals surface area contributed by atoms with Crippen molar-refractivity contribution in [1.82, 2.24) is 30.4 Å². The van der Waals surface area contributed by atoms with Gasteiger partial charge < -0.3 is 9.80 Å². The van der Waals surface area contributed by atoms with E-state index in [1.54, 1.807) is 46.2 Å². The van der Waals surface area contributed by atoms with E-state index in [4.69, 9.17) is 10.5 Å². The first-order valence-electron chi connectivity index (χ1n) is 14.2. The highest BCUT2D eigenvalue weighted by Crippen LogP contribution is 2.29. The third-order valence-corrected chi connectivity index (χ3v) is 8.50. The van der Waals surface area contributed by atoms with Crippen LogP contribution >= 0.6 is 0 Å². The van der Waals surface area contributed by atoms with Crippen LogP contribution in [0.1, 0.15) is 72.1 Å². The standard InChI is InChI=1S/2C15H16N4O2/c2*1-19(12-5-2-10(9-16)3-6-12)15(20)11-4-7-13-14(8-11)18-21-17-13/h2*4,7-8,10,12H,2-3,5-6H2,1H3. The van der Waals surface area contributed by atoms with Gasteiger partial charge in [0.15, 0.2) is 0 Å². The van der Waals surface area contributed by atoms with Crippen molar-refractivity contribution >= 4 is 33.9 Å². The van der Waals surface area contributed by atoms with Crippen molar-refractivity contribution in [3.8, 4) is 12.1 Å². The van der Waals surface area contributed by atoms with Crippen molar-refractivity contribution in [2.75, 3.05) is 14.1 Å². The Balaban J connectivity index is 0.000000168. The van der Waals surface area contributed by atoms with Gasteiger partial charge in [0, 0.05) is 49.1 Å². The fourth-order valence-electron chi connectivity index (χ4n) is 5.75. The van der Waals surface area contributed by atoms with Gasteiger partial charge >= 0.3 is 0 Å². The predicted molar refractivity (Wildman–Crippen MR) is 151 cm³/mol. The zero-order chi connectivity index (χ0) is 29.6. The number of amides is 2. The van der Waals surface area contributed by atoms with E-state index < -0.39 is 0 Å². The molecule has 42 heavy (non-hydrogen) atoms. The summed E-state index contributed by atoms with van der Waals surface area (Å²) in [4.78, 5) is 28.6. The predicted octanol–water partition coefficient (Wildman–Crippen LogP) is 4.75. The summed E-state index contributed by atoms with van der Waals surface area (Å²) in [5, 5.41) is 32.8. The van der Waals surface area contributed by atoms with Crippen molar-refractivity contribution < 1.29 is 18.8 Å². The van der Waals surface area contributed by atoms with Gasteiger partial charge in [0.05, 0.1) is 12.1 Å². The van der Waals surface area contributed by atoms with E-state index in [0.29, 0.717) is 33.2 Å². The number of hydrogen-bond acceptors (Lipinski definition) is 10. The molecule has 2 fully saturated rings. The van der Waals surface area contributed by atoms with Crippen molar-refractivity contribution in [2.24, 2.45) is 11.8 Å². The van der Waals surface area contributed by atoms with Crippen LogP contribution in [0.5, 0.6) is 0 Å². The average Bonchev–Trinajstić information content (AvgIpc) is 3.72. The van der Waals surface area contributed by atoms with Gasteiger partial charge in [-0.2, -0.15) is 10.5 Å². The van der Waals surface area contributed by atoms with E-state index in [9.17, 15) is 9.59 Å². The Labute approximate surface area is 242 Å². The van der Waals surface area contributed by atoms with Crippen molar-refractivity contribution in [1.29, 1.82) is 10.5 Å². The third kappa shape index (κ3) is 6.23. The monoisotopic (exact) mass is 568 g/mol. The van der Waals surface area contributed by atoms with Crippen LogP contribution in [-0.2, 0) is 0 Å². The molecule has 2 aliphatic carbocycles. The second-order valence-corrected chi connectivity index (χ2v) is 11.0. The molecule has 0 N–H and O–H groups in total.